The lowest BCUT2D eigenvalue weighted by Crippen LogP contribution is -2.35. The third-order valence-corrected chi connectivity index (χ3v) is 2.78. The van der Waals surface area contributed by atoms with Crippen molar-refractivity contribution in [1.82, 2.24) is 10.6 Å². The molecule has 5 heteroatoms. The van der Waals surface area contributed by atoms with Gasteiger partial charge in [-0.1, -0.05) is 6.92 Å². The van der Waals surface area contributed by atoms with Crippen LogP contribution in [0.4, 0.5) is 0 Å². The van der Waals surface area contributed by atoms with E-state index in [2.05, 4.69) is 29.7 Å². The Hall–Kier alpha value is -1.14. The van der Waals surface area contributed by atoms with Gasteiger partial charge in [-0.3, -0.25) is 0 Å². The summed E-state index contributed by atoms with van der Waals surface area (Å²) in [6.45, 7) is 5.26. The van der Waals surface area contributed by atoms with Crippen LogP contribution in [0.1, 0.15) is 32.6 Å². The Kier molecular flexibility index (Phi) is 11.5. The molecule has 0 amide bonds. The van der Waals surface area contributed by atoms with E-state index in [1.807, 2.05) is 0 Å². The predicted octanol–water partition coefficient (Wildman–Crippen LogP) is 0.737. The fourth-order valence-corrected chi connectivity index (χ4v) is 1.90. The zero-order chi connectivity index (χ0) is 13.6. The molecule has 0 radical (unpaired) electrons. The van der Waals surface area contributed by atoms with E-state index in [9.17, 15) is 0 Å². The van der Waals surface area contributed by atoms with Crippen LogP contribution >= 0.6 is 0 Å². The van der Waals surface area contributed by atoms with Crippen molar-refractivity contribution >= 4 is 0 Å². The number of rotatable bonds is 11. The third kappa shape index (κ3) is 10.0. The average molecular weight is 251 g/mol. The largest absolute Gasteiger partial charge is 0.330 e. The van der Waals surface area contributed by atoms with Crippen LogP contribution in [0.15, 0.2) is 0 Å². The van der Waals surface area contributed by atoms with Crippen LogP contribution < -0.4 is 16.4 Å². The molecule has 102 valence electrons. The quantitative estimate of drug-likeness (QED) is 0.470. The van der Waals surface area contributed by atoms with E-state index in [1.54, 1.807) is 0 Å². The molecule has 0 aromatic carbocycles. The van der Waals surface area contributed by atoms with Gasteiger partial charge in [-0.2, -0.15) is 10.5 Å². The Labute approximate surface area is 110 Å². The molecular formula is C13H25N5. The van der Waals surface area contributed by atoms with Crippen molar-refractivity contribution in [2.75, 3.05) is 26.2 Å². The molecule has 0 rings (SSSR count). The zero-order valence-electron chi connectivity index (χ0n) is 11.3. The summed E-state index contributed by atoms with van der Waals surface area (Å²) in [5, 5.41) is 23.6. The van der Waals surface area contributed by atoms with Crippen molar-refractivity contribution in [2.45, 2.75) is 38.6 Å². The lowest BCUT2D eigenvalue weighted by Gasteiger charge is -2.21. The minimum atomic E-state index is 0.385. The molecule has 0 heterocycles. The SMILES string of the molecule is CC(CNCCC#N)CC(CCN)NCCC#N. The minimum absolute atomic E-state index is 0.385. The maximum absolute atomic E-state index is 8.51. The van der Waals surface area contributed by atoms with Crippen molar-refractivity contribution in [3.63, 3.8) is 0 Å². The highest BCUT2D eigenvalue weighted by Gasteiger charge is 2.11. The third-order valence-electron chi connectivity index (χ3n) is 2.78. The highest BCUT2D eigenvalue weighted by atomic mass is 14.9. The molecule has 5 nitrogen and oxygen atoms in total. The van der Waals surface area contributed by atoms with Gasteiger partial charge in [0.05, 0.1) is 12.1 Å². The van der Waals surface area contributed by atoms with Gasteiger partial charge in [-0.25, -0.2) is 0 Å². The molecule has 0 saturated carbocycles. The van der Waals surface area contributed by atoms with Crippen LogP contribution in [-0.2, 0) is 0 Å². The van der Waals surface area contributed by atoms with Crippen LogP contribution in [0, 0.1) is 28.6 Å². The fourth-order valence-electron chi connectivity index (χ4n) is 1.90. The number of nitrogens with two attached hydrogens (primary N) is 1. The summed E-state index contributed by atoms with van der Waals surface area (Å²) in [5.74, 6) is 0.537. The van der Waals surface area contributed by atoms with Crippen LogP contribution in [-0.4, -0.2) is 32.2 Å². The van der Waals surface area contributed by atoms with E-state index in [1.165, 1.54) is 0 Å². The van der Waals surface area contributed by atoms with Gasteiger partial charge < -0.3 is 16.4 Å². The van der Waals surface area contributed by atoms with Gasteiger partial charge in [0, 0.05) is 32.0 Å². The Morgan fingerprint density at radius 3 is 2.44 bits per heavy atom. The molecule has 0 aliphatic rings. The Morgan fingerprint density at radius 1 is 1.17 bits per heavy atom. The van der Waals surface area contributed by atoms with E-state index in [4.69, 9.17) is 16.3 Å². The topological polar surface area (TPSA) is 97.7 Å². The first-order valence-electron chi connectivity index (χ1n) is 6.62. The monoisotopic (exact) mass is 251 g/mol. The van der Waals surface area contributed by atoms with Crippen molar-refractivity contribution in [2.24, 2.45) is 11.7 Å². The average Bonchev–Trinajstić information content (AvgIpc) is 2.35. The fraction of sp³-hybridized carbons (Fsp3) is 0.846. The molecule has 2 unspecified atom stereocenters. The molecule has 0 fully saturated rings. The van der Waals surface area contributed by atoms with Crippen molar-refractivity contribution in [3.05, 3.63) is 0 Å². The smallest absolute Gasteiger partial charge is 0.0635 e. The molecule has 2 atom stereocenters. The molecule has 0 aliphatic carbocycles. The van der Waals surface area contributed by atoms with Gasteiger partial charge in [-0.15, -0.1) is 0 Å². The number of nitrogens with one attached hydrogen (secondary N) is 2. The number of hydrogen-bond acceptors (Lipinski definition) is 5. The summed E-state index contributed by atoms with van der Waals surface area (Å²) < 4.78 is 0. The molecule has 18 heavy (non-hydrogen) atoms. The normalized spacial score (nSPS) is 13.6. The lowest BCUT2D eigenvalue weighted by molar-refractivity contribution is 0.376. The number of nitrogens with zero attached hydrogens (tertiary/aromatic N) is 2. The predicted molar refractivity (Wildman–Crippen MR) is 72.6 cm³/mol. The van der Waals surface area contributed by atoms with E-state index < -0.39 is 0 Å². The Bertz CT molecular complexity index is 266. The molecule has 0 aliphatic heterocycles. The Balaban J connectivity index is 3.77. The van der Waals surface area contributed by atoms with Gasteiger partial charge in [0.1, 0.15) is 0 Å². The van der Waals surface area contributed by atoms with Crippen molar-refractivity contribution in [3.8, 4) is 12.1 Å². The molecular weight excluding hydrogens is 226 g/mol. The Morgan fingerprint density at radius 2 is 1.83 bits per heavy atom. The van der Waals surface area contributed by atoms with Crippen molar-refractivity contribution in [1.29, 1.82) is 10.5 Å². The molecule has 0 saturated heterocycles. The van der Waals surface area contributed by atoms with Gasteiger partial charge >= 0.3 is 0 Å². The van der Waals surface area contributed by atoms with Crippen LogP contribution in [0.5, 0.6) is 0 Å². The second-order valence-corrected chi connectivity index (χ2v) is 4.59. The van der Waals surface area contributed by atoms with Gasteiger partial charge in [0.15, 0.2) is 0 Å². The maximum atomic E-state index is 8.51. The molecule has 0 spiro atoms. The number of hydrogen-bond donors (Lipinski definition) is 3. The van der Waals surface area contributed by atoms with E-state index >= 15 is 0 Å². The van der Waals surface area contributed by atoms with Gasteiger partial charge in [0.25, 0.3) is 0 Å². The lowest BCUT2D eigenvalue weighted by atomic mass is 9.99. The summed E-state index contributed by atoms with van der Waals surface area (Å²) in [4.78, 5) is 0. The van der Waals surface area contributed by atoms with E-state index in [-0.39, 0.29) is 0 Å². The molecule has 0 aromatic rings. The maximum Gasteiger partial charge on any atom is 0.0635 e. The summed E-state index contributed by atoms with van der Waals surface area (Å²) in [5.41, 5.74) is 5.59. The van der Waals surface area contributed by atoms with E-state index in [0.717, 1.165) is 32.5 Å². The summed E-state index contributed by atoms with van der Waals surface area (Å²) in [6.07, 6.45) is 3.07. The standard InChI is InChI=1S/C13H25N5/c1-12(11-17-8-2-5-14)10-13(4-7-16)18-9-3-6-15/h12-13,17-18H,2-4,7-11,16H2,1H3. The second kappa shape index (κ2) is 12.3. The summed E-state index contributed by atoms with van der Waals surface area (Å²) >= 11 is 0. The first-order chi connectivity index (χ1) is 8.74. The highest BCUT2D eigenvalue weighted by molar-refractivity contribution is 4.76. The zero-order valence-corrected chi connectivity index (χ0v) is 11.3. The van der Waals surface area contributed by atoms with E-state index in [0.29, 0.717) is 31.3 Å². The molecule has 0 aromatic heterocycles. The second-order valence-electron chi connectivity index (χ2n) is 4.59. The summed E-state index contributed by atoms with van der Waals surface area (Å²) in [7, 11) is 0. The molecule has 0 bridgehead atoms. The first-order valence-corrected chi connectivity index (χ1v) is 6.62. The highest BCUT2D eigenvalue weighted by Crippen LogP contribution is 2.07. The van der Waals surface area contributed by atoms with Crippen molar-refractivity contribution < 1.29 is 0 Å². The molecule has 4 N–H and O–H groups in total. The first kappa shape index (κ1) is 16.9. The van der Waals surface area contributed by atoms with Crippen LogP contribution in [0.3, 0.4) is 0 Å². The van der Waals surface area contributed by atoms with Crippen LogP contribution in [0.25, 0.3) is 0 Å². The van der Waals surface area contributed by atoms with Gasteiger partial charge in [0.2, 0.25) is 0 Å². The summed E-state index contributed by atoms with van der Waals surface area (Å²) in [6, 6.07) is 4.63. The minimum Gasteiger partial charge on any atom is -0.330 e. The number of nitriles is 2. The van der Waals surface area contributed by atoms with Gasteiger partial charge in [-0.05, 0) is 31.8 Å². The van der Waals surface area contributed by atoms with Crippen LogP contribution in [0.2, 0.25) is 0 Å².